The van der Waals surface area contributed by atoms with Crippen molar-refractivity contribution in [3.05, 3.63) is 29.7 Å². The van der Waals surface area contributed by atoms with Crippen molar-refractivity contribution >= 4 is 26.4 Å². The summed E-state index contributed by atoms with van der Waals surface area (Å²) >= 11 is 0. The number of nitrogens with one attached hydrogen (secondary N) is 1. The van der Waals surface area contributed by atoms with Gasteiger partial charge in [-0.15, -0.1) is 0 Å². The number of aromatic nitrogens is 2. The molecule has 0 amide bonds. The van der Waals surface area contributed by atoms with Crippen LogP contribution in [0.1, 0.15) is 12.8 Å². The van der Waals surface area contributed by atoms with Gasteiger partial charge in [0.15, 0.2) is 15.5 Å². The smallest absolute Gasteiger partial charge is 0.190 e. The van der Waals surface area contributed by atoms with Gasteiger partial charge in [-0.3, -0.25) is 5.10 Å². The molecule has 2 aromatic rings. The molecule has 0 aliphatic heterocycles. The van der Waals surface area contributed by atoms with Crippen LogP contribution in [0.2, 0.25) is 0 Å². The Kier molecular flexibility index (Phi) is 2.00. The van der Waals surface area contributed by atoms with Gasteiger partial charge in [0.05, 0.1) is 28.4 Å². The number of H-pyrrole nitrogens is 1. The first-order valence-electron chi connectivity index (χ1n) is 5.21. The highest BCUT2D eigenvalue weighted by molar-refractivity contribution is 7.92. The van der Waals surface area contributed by atoms with Gasteiger partial charge in [0.1, 0.15) is 0 Å². The number of sulfone groups is 1. The van der Waals surface area contributed by atoms with Crippen LogP contribution in [0.15, 0.2) is 23.2 Å². The molecule has 0 radical (unpaired) electrons. The zero-order valence-corrected chi connectivity index (χ0v) is 9.66. The summed E-state index contributed by atoms with van der Waals surface area (Å²) in [6, 6.07) is 3.06. The Morgan fingerprint density at radius 2 is 2.18 bits per heavy atom. The third-order valence-electron chi connectivity index (χ3n) is 2.90. The van der Waals surface area contributed by atoms with Crippen molar-refractivity contribution in [2.75, 3.05) is 0 Å². The molecule has 5 nitrogen and oxygen atoms in total. The molecule has 1 aliphatic carbocycles. The number of hydrogen-bond acceptors (Lipinski definition) is 3. The normalized spacial score (nSPS) is 15.9. The number of nitrogens with zero attached hydrogens (tertiary/aromatic N) is 2. The summed E-state index contributed by atoms with van der Waals surface area (Å²) in [6.45, 7) is 6.99. The van der Waals surface area contributed by atoms with Crippen molar-refractivity contribution in [2.45, 2.75) is 23.0 Å². The second-order valence-electron chi connectivity index (χ2n) is 4.13. The van der Waals surface area contributed by atoms with Crippen LogP contribution in [0.25, 0.3) is 15.7 Å². The quantitative estimate of drug-likeness (QED) is 0.826. The molecule has 1 heterocycles. The zero-order chi connectivity index (χ0) is 12.0. The van der Waals surface area contributed by atoms with E-state index in [1.54, 1.807) is 6.07 Å². The van der Waals surface area contributed by atoms with Crippen LogP contribution < -0.4 is 0 Å². The molecule has 0 atom stereocenters. The standard InChI is InChI=1S/C11H9N3O2S/c1-12-7-4-10-9(6-13-14-10)11(5-7)17(15,16)8-2-3-8/h4-6,8H,2-3H2,(H,13,14). The van der Waals surface area contributed by atoms with Crippen molar-refractivity contribution in [3.63, 3.8) is 0 Å². The van der Waals surface area contributed by atoms with E-state index in [9.17, 15) is 8.42 Å². The summed E-state index contributed by atoms with van der Waals surface area (Å²) in [6.07, 6.45) is 2.92. The number of benzene rings is 1. The third kappa shape index (κ3) is 1.51. The summed E-state index contributed by atoms with van der Waals surface area (Å²) in [4.78, 5) is 3.53. The molecule has 0 spiro atoms. The number of hydrogen-bond donors (Lipinski definition) is 1. The molecule has 1 saturated carbocycles. The maximum atomic E-state index is 12.2. The maximum absolute atomic E-state index is 12.2. The van der Waals surface area contributed by atoms with Crippen molar-refractivity contribution < 1.29 is 8.42 Å². The predicted molar refractivity (Wildman–Crippen MR) is 62.6 cm³/mol. The Balaban J connectivity index is 2.34. The summed E-state index contributed by atoms with van der Waals surface area (Å²) in [7, 11) is -3.30. The Morgan fingerprint density at radius 3 is 2.82 bits per heavy atom. The molecule has 0 unspecified atom stereocenters. The molecule has 6 heteroatoms. The average Bonchev–Trinajstić information content (AvgIpc) is 3.07. The fourth-order valence-corrected chi connectivity index (χ4v) is 3.73. The zero-order valence-electron chi connectivity index (χ0n) is 8.84. The highest BCUT2D eigenvalue weighted by Gasteiger charge is 2.38. The average molecular weight is 247 g/mol. The fraction of sp³-hybridized carbons (Fsp3) is 0.273. The largest absolute Gasteiger partial charge is 0.279 e. The van der Waals surface area contributed by atoms with Crippen LogP contribution in [0, 0.1) is 6.57 Å². The second-order valence-corrected chi connectivity index (χ2v) is 6.33. The lowest BCUT2D eigenvalue weighted by Gasteiger charge is -2.04. The van der Waals surface area contributed by atoms with E-state index in [-0.39, 0.29) is 10.1 Å². The monoisotopic (exact) mass is 247 g/mol. The molecular formula is C11H9N3O2S. The molecule has 1 aliphatic rings. The SMILES string of the molecule is [C-]#[N+]c1cc(S(=O)(=O)C2CC2)c2cn[nH]c2c1. The lowest BCUT2D eigenvalue weighted by molar-refractivity contribution is 0.595. The summed E-state index contributed by atoms with van der Waals surface area (Å²) in [5, 5.41) is 6.84. The molecule has 1 fully saturated rings. The molecule has 1 N–H and O–H groups in total. The number of aromatic amines is 1. The van der Waals surface area contributed by atoms with Crippen LogP contribution >= 0.6 is 0 Å². The Bertz CT molecular complexity index is 736. The third-order valence-corrected chi connectivity index (χ3v) is 5.20. The minimum atomic E-state index is -3.30. The molecule has 1 aromatic carbocycles. The van der Waals surface area contributed by atoms with Gasteiger partial charge in [-0.05, 0) is 25.0 Å². The van der Waals surface area contributed by atoms with Gasteiger partial charge < -0.3 is 0 Å². The van der Waals surface area contributed by atoms with Gasteiger partial charge in [0.2, 0.25) is 0 Å². The van der Waals surface area contributed by atoms with Gasteiger partial charge in [-0.2, -0.15) is 5.10 Å². The van der Waals surface area contributed by atoms with E-state index in [2.05, 4.69) is 15.0 Å². The number of rotatable bonds is 2. The first-order valence-corrected chi connectivity index (χ1v) is 6.76. The fourth-order valence-electron chi connectivity index (χ4n) is 1.86. The highest BCUT2D eigenvalue weighted by Crippen LogP contribution is 2.37. The molecule has 0 bridgehead atoms. The van der Waals surface area contributed by atoms with Gasteiger partial charge in [-0.25, -0.2) is 13.3 Å². The lowest BCUT2D eigenvalue weighted by Crippen LogP contribution is -2.07. The van der Waals surface area contributed by atoms with E-state index in [1.807, 2.05) is 0 Å². The van der Waals surface area contributed by atoms with E-state index in [0.29, 0.717) is 29.4 Å². The van der Waals surface area contributed by atoms with Crippen LogP contribution in [0.5, 0.6) is 0 Å². The number of fused-ring (bicyclic) bond motifs is 1. The first-order chi connectivity index (χ1) is 8.13. The minimum absolute atomic E-state index is 0.234. The van der Waals surface area contributed by atoms with E-state index in [1.165, 1.54) is 12.3 Å². The molecule has 3 rings (SSSR count). The van der Waals surface area contributed by atoms with Crippen molar-refractivity contribution in [3.8, 4) is 0 Å². The van der Waals surface area contributed by atoms with Crippen molar-refractivity contribution in [2.24, 2.45) is 0 Å². The first kappa shape index (κ1) is 10.3. The van der Waals surface area contributed by atoms with Gasteiger partial charge in [-0.1, -0.05) is 0 Å². The lowest BCUT2D eigenvalue weighted by atomic mass is 10.2. The van der Waals surface area contributed by atoms with E-state index < -0.39 is 9.84 Å². The maximum Gasteiger partial charge on any atom is 0.190 e. The predicted octanol–water partition coefficient (Wildman–Crippen LogP) is 2.05. The van der Waals surface area contributed by atoms with Crippen LogP contribution in [-0.2, 0) is 9.84 Å². The van der Waals surface area contributed by atoms with Crippen molar-refractivity contribution in [1.82, 2.24) is 10.2 Å². The molecular weight excluding hydrogens is 238 g/mol. The van der Waals surface area contributed by atoms with E-state index >= 15 is 0 Å². The van der Waals surface area contributed by atoms with Crippen LogP contribution in [0.4, 0.5) is 5.69 Å². The minimum Gasteiger partial charge on any atom is -0.279 e. The molecule has 86 valence electrons. The molecule has 17 heavy (non-hydrogen) atoms. The molecule has 0 saturated heterocycles. The Hall–Kier alpha value is -1.87. The van der Waals surface area contributed by atoms with Gasteiger partial charge in [0.25, 0.3) is 0 Å². The summed E-state index contributed by atoms with van der Waals surface area (Å²) < 4.78 is 24.5. The Labute approximate surface area is 98.2 Å². The highest BCUT2D eigenvalue weighted by atomic mass is 32.2. The Morgan fingerprint density at radius 1 is 1.41 bits per heavy atom. The second kappa shape index (κ2) is 3.31. The molecule has 1 aromatic heterocycles. The van der Waals surface area contributed by atoms with Crippen LogP contribution in [-0.4, -0.2) is 23.9 Å². The van der Waals surface area contributed by atoms with E-state index in [0.717, 1.165) is 0 Å². The van der Waals surface area contributed by atoms with Gasteiger partial charge >= 0.3 is 0 Å². The van der Waals surface area contributed by atoms with E-state index in [4.69, 9.17) is 6.57 Å². The van der Waals surface area contributed by atoms with Crippen LogP contribution in [0.3, 0.4) is 0 Å². The summed E-state index contributed by atoms with van der Waals surface area (Å²) in [5.74, 6) is 0. The summed E-state index contributed by atoms with van der Waals surface area (Å²) in [5.41, 5.74) is 0.915. The topological polar surface area (TPSA) is 67.2 Å². The van der Waals surface area contributed by atoms with Gasteiger partial charge in [0, 0.05) is 5.39 Å². The van der Waals surface area contributed by atoms with Crippen molar-refractivity contribution in [1.29, 1.82) is 0 Å².